The highest BCUT2D eigenvalue weighted by atomic mass is 16.5. The van der Waals surface area contributed by atoms with Crippen LogP contribution < -0.4 is 5.73 Å². The molecule has 0 radical (unpaired) electrons. The van der Waals surface area contributed by atoms with Gasteiger partial charge in [0, 0.05) is 31.8 Å². The minimum atomic E-state index is 0.0684. The van der Waals surface area contributed by atoms with Crippen LogP contribution in [0.2, 0.25) is 0 Å². The molecule has 2 rings (SSSR count). The Morgan fingerprint density at radius 1 is 1.19 bits per heavy atom. The zero-order valence-corrected chi connectivity index (χ0v) is 13.8. The molecular formula is C18H30N2O. The Kier molecular flexibility index (Phi) is 5.80. The average Bonchev–Trinajstić information content (AvgIpc) is 2.91. The van der Waals surface area contributed by atoms with Crippen molar-refractivity contribution >= 4 is 0 Å². The van der Waals surface area contributed by atoms with Gasteiger partial charge in [-0.15, -0.1) is 0 Å². The van der Waals surface area contributed by atoms with Crippen molar-refractivity contribution in [2.24, 2.45) is 5.73 Å². The molecule has 21 heavy (non-hydrogen) atoms. The summed E-state index contributed by atoms with van der Waals surface area (Å²) in [5.74, 6) is 0. The summed E-state index contributed by atoms with van der Waals surface area (Å²) in [6.07, 6.45) is 4.47. The van der Waals surface area contributed by atoms with Gasteiger partial charge in [-0.05, 0) is 36.8 Å². The van der Waals surface area contributed by atoms with E-state index in [0.717, 1.165) is 38.8 Å². The molecule has 0 saturated heterocycles. The van der Waals surface area contributed by atoms with Crippen LogP contribution >= 0.6 is 0 Å². The minimum Gasteiger partial charge on any atom is -0.383 e. The number of ether oxygens (including phenoxy) is 1. The smallest absolute Gasteiger partial charge is 0.0590 e. The van der Waals surface area contributed by atoms with Crippen LogP contribution in [-0.4, -0.2) is 43.3 Å². The van der Waals surface area contributed by atoms with Crippen LogP contribution in [0.5, 0.6) is 0 Å². The van der Waals surface area contributed by atoms with Crippen LogP contribution in [0.3, 0.4) is 0 Å². The Balaban J connectivity index is 2.28. The standard InChI is InChI=1S/C18H30N2O/c1-4-17(5-2)20(10-11-21-3)18(14-19)12-15-8-6-7-9-16(15)13-18/h6-9,17H,4-5,10-14,19H2,1-3H3. The summed E-state index contributed by atoms with van der Waals surface area (Å²) in [7, 11) is 1.78. The topological polar surface area (TPSA) is 38.5 Å². The fourth-order valence-electron chi connectivity index (χ4n) is 3.86. The van der Waals surface area contributed by atoms with Crippen LogP contribution in [-0.2, 0) is 17.6 Å². The number of nitrogens with two attached hydrogens (primary N) is 1. The highest BCUT2D eigenvalue weighted by molar-refractivity contribution is 5.36. The van der Waals surface area contributed by atoms with Gasteiger partial charge in [0.05, 0.1) is 6.61 Å². The zero-order valence-electron chi connectivity index (χ0n) is 13.8. The monoisotopic (exact) mass is 290 g/mol. The van der Waals surface area contributed by atoms with Crippen molar-refractivity contribution in [3.63, 3.8) is 0 Å². The van der Waals surface area contributed by atoms with Gasteiger partial charge in [-0.25, -0.2) is 0 Å². The molecular weight excluding hydrogens is 260 g/mol. The Morgan fingerprint density at radius 3 is 2.19 bits per heavy atom. The molecule has 1 aromatic rings. The summed E-state index contributed by atoms with van der Waals surface area (Å²) in [6.45, 7) is 7.01. The van der Waals surface area contributed by atoms with Gasteiger partial charge in [0.2, 0.25) is 0 Å². The lowest BCUT2D eigenvalue weighted by atomic mass is 9.90. The van der Waals surface area contributed by atoms with E-state index in [1.165, 1.54) is 11.1 Å². The molecule has 1 aromatic carbocycles. The molecule has 0 aromatic heterocycles. The Morgan fingerprint density at radius 2 is 1.76 bits per heavy atom. The third-order valence-corrected chi connectivity index (χ3v) is 5.07. The number of rotatable bonds is 8. The van der Waals surface area contributed by atoms with Crippen molar-refractivity contribution in [2.45, 2.75) is 51.1 Å². The molecule has 2 N–H and O–H groups in total. The lowest BCUT2D eigenvalue weighted by Crippen LogP contribution is -2.59. The van der Waals surface area contributed by atoms with Crippen molar-refractivity contribution < 1.29 is 4.74 Å². The van der Waals surface area contributed by atoms with Gasteiger partial charge in [0.25, 0.3) is 0 Å². The molecule has 3 nitrogen and oxygen atoms in total. The van der Waals surface area contributed by atoms with E-state index >= 15 is 0 Å². The molecule has 0 aliphatic heterocycles. The van der Waals surface area contributed by atoms with E-state index < -0.39 is 0 Å². The summed E-state index contributed by atoms with van der Waals surface area (Å²) in [5.41, 5.74) is 9.29. The van der Waals surface area contributed by atoms with E-state index in [2.05, 4.69) is 43.0 Å². The van der Waals surface area contributed by atoms with Gasteiger partial charge < -0.3 is 10.5 Å². The highest BCUT2D eigenvalue weighted by Gasteiger charge is 2.42. The molecule has 0 heterocycles. The quantitative estimate of drug-likeness (QED) is 0.800. The molecule has 3 heteroatoms. The maximum absolute atomic E-state index is 6.29. The largest absolute Gasteiger partial charge is 0.383 e. The van der Waals surface area contributed by atoms with E-state index in [0.29, 0.717) is 12.6 Å². The first-order chi connectivity index (χ1) is 10.2. The van der Waals surface area contributed by atoms with E-state index in [1.807, 2.05) is 0 Å². The Labute approximate surface area is 129 Å². The van der Waals surface area contributed by atoms with Gasteiger partial charge in [0.15, 0.2) is 0 Å². The summed E-state index contributed by atoms with van der Waals surface area (Å²) in [5, 5.41) is 0. The first-order valence-corrected chi connectivity index (χ1v) is 8.23. The van der Waals surface area contributed by atoms with Crippen LogP contribution in [0.25, 0.3) is 0 Å². The molecule has 118 valence electrons. The van der Waals surface area contributed by atoms with Crippen molar-refractivity contribution in [1.29, 1.82) is 0 Å². The Hall–Kier alpha value is -0.900. The number of hydrogen-bond donors (Lipinski definition) is 1. The van der Waals surface area contributed by atoms with Gasteiger partial charge in [0.1, 0.15) is 0 Å². The van der Waals surface area contributed by atoms with Gasteiger partial charge in [-0.3, -0.25) is 4.90 Å². The maximum atomic E-state index is 6.29. The number of nitrogens with zero attached hydrogens (tertiary/aromatic N) is 1. The SMILES string of the molecule is CCC(CC)N(CCOC)C1(CN)Cc2ccccc2C1. The summed E-state index contributed by atoms with van der Waals surface area (Å²) in [6, 6.07) is 9.38. The van der Waals surface area contributed by atoms with Crippen molar-refractivity contribution in [3.8, 4) is 0 Å². The second kappa shape index (κ2) is 7.39. The molecule has 1 aliphatic carbocycles. The second-order valence-electron chi connectivity index (χ2n) is 6.21. The predicted octanol–water partition coefficient (Wildman–Crippen LogP) is 2.62. The van der Waals surface area contributed by atoms with Crippen LogP contribution in [0, 0.1) is 0 Å². The molecule has 0 amide bonds. The molecule has 0 atom stereocenters. The fraction of sp³-hybridized carbons (Fsp3) is 0.667. The van der Waals surface area contributed by atoms with Crippen LogP contribution in [0.15, 0.2) is 24.3 Å². The molecule has 0 spiro atoms. The normalized spacial score (nSPS) is 16.7. The highest BCUT2D eigenvalue weighted by Crippen LogP contribution is 2.36. The van der Waals surface area contributed by atoms with Crippen molar-refractivity contribution in [3.05, 3.63) is 35.4 Å². The molecule has 0 saturated carbocycles. The van der Waals surface area contributed by atoms with E-state index in [9.17, 15) is 0 Å². The fourth-order valence-corrected chi connectivity index (χ4v) is 3.86. The van der Waals surface area contributed by atoms with Crippen LogP contribution in [0.1, 0.15) is 37.8 Å². The third-order valence-electron chi connectivity index (χ3n) is 5.07. The number of fused-ring (bicyclic) bond motifs is 1. The third kappa shape index (κ3) is 3.31. The summed E-state index contributed by atoms with van der Waals surface area (Å²) < 4.78 is 5.36. The molecule has 0 bridgehead atoms. The maximum Gasteiger partial charge on any atom is 0.0590 e. The number of hydrogen-bond acceptors (Lipinski definition) is 3. The van der Waals surface area contributed by atoms with Gasteiger partial charge >= 0.3 is 0 Å². The first kappa shape index (κ1) is 16.5. The van der Waals surface area contributed by atoms with Crippen molar-refractivity contribution in [1.82, 2.24) is 4.90 Å². The van der Waals surface area contributed by atoms with Crippen molar-refractivity contribution in [2.75, 3.05) is 26.8 Å². The van der Waals surface area contributed by atoms with E-state index in [1.54, 1.807) is 7.11 Å². The Bertz CT molecular complexity index is 418. The predicted molar refractivity (Wildman–Crippen MR) is 88.6 cm³/mol. The lowest BCUT2D eigenvalue weighted by Gasteiger charge is -2.45. The van der Waals surface area contributed by atoms with E-state index in [4.69, 9.17) is 10.5 Å². The number of benzene rings is 1. The molecule has 0 unspecified atom stereocenters. The average molecular weight is 290 g/mol. The lowest BCUT2D eigenvalue weighted by molar-refractivity contribution is 0.0247. The summed E-state index contributed by atoms with van der Waals surface area (Å²) >= 11 is 0. The van der Waals surface area contributed by atoms with E-state index in [-0.39, 0.29) is 5.54 Å². The minimum absolute atomic E-state index is 0.0684. The molecule has 1 aliphatic rings. The zero-order chi connectivity index (χ0) is 15.3. The first-order valence-electron chi connectivity index (χ1n) is 8.23. The number of methoxy groups -OCH3 is 1. The second-order valence-corrected chi connectivity index (χ2v) is 6.21. The van der Waals surface area contributed by atoms with Gasteiger partial charge in [-0.2, -0.15) is 0 Å². The van der Waals surface area contributed by atoms with Gasteiger partial charge in [-0.1, -0.05) is 38.1 Å². The molecule has 0 fully saturated rings. The van der Waals surface area contributed by atoms with Crippen LogP contribution in [0.4, 0.5) is 0 Å². The summed E-state index contributed by atoms with van der Waals surface area (Å²) in [4.78, 5) is 2.64.